The van der Waals surface area contributed by atoms with Gasteiger partial charge in [-0.25, -0.2) is 9.59 Å². The van der Waals surface area contributed by atoms with Gasteiger partial charge in [0, 0.05) is 31.1 Å². The molecule has 9 heteroatoms. The van der Waals surface area contributed by atoms with Gasteiger partial charge in [0.15, 0.2) is 0 Å². The average Bonchev–Trinajstić information content (AvgIpc) is 3.05. The van der Waals surface area contributed by atoms with E-state index < -0.39 is 11.6 Å². The molecule has 0 atom stereocenters. The van der Waals surface area contributed by atoms with Crippen LogP contribution in [0.2, 0.25) is 0 Å². The summed E-state index contributed by atoms with van der Waals surface area (Å²) in [7, 11) is 0. The van der Waals surface area contributed by atoms with E-state index in [2.05, 4.69) is 10.6 Å². The normalized spacial score (nSPS) is 15.4. The molecule has 0 aromatic carbocycles. The Kier molecular flexibility index (Phi) is 6.98. The molecule has 0 saturated carbocycles. The van der Waals surface area contributed by atoms with Crippen LogP contribution in [0.15, 0.2) is 17.5 Å². The number of imide groups is 1. The summed E-state index contributed by atoms with van der Waals surface area (Å²) in [5.74, 6) is -0.362. The van der Waals surface area contributed by atoms with Gasteiger partial charge in [-0.3, -0.25) is 15.0 Å². The number of piperazine rings is 1. The summed E-state index contributed by atoms with van der Waals surface area (Å²) in [5, 5.41) is 6.90. The van der Waals surface area contributed by atoms with Crippen molar-refractivity contribution in [3.63, 3.8) is 0 Å². The van der Waals surface area contributed by atoms with Crippen molar-refractivity contribution in [2.24, 2.45) is 0 Å². The molecule has 1 aliphatic heterocycles. The lowest BCUT2D eigenvalue weighted by atomic mass is 10.2. The van der Waals surface area contributed by atoms with Crippen LogP contribution in [0.3, 0.4) is 0 Å². The predicted molar refractivity (Wildman–Crippen MR) is 98.9 cm³/mol. The van der Waals surface area contributed by atoms with Crippen LogP contribution in [-0.2, 0) is 16.1 Å². The van der Waals surface area contributed by atoms with E-state index in [4.69, 9.17) is 4.74 Å². The number of hydrogen-bond acceptors (Lipinski definition) is 6. The van der Waals surface area contributed by atoms with Gasteiger partial charge >= 0.3 is 12.1 Å². The Morgan fingerprint density at radius 3 is 2.46 bits per heavy atom. The molecular formula is C17H26N4O4S. The van der Waals surface area contributed by atoms with Crippen LogP contribution in [0.4, 0.5) is 9.59 Å². The Labute approximate surface area is 157 Å². The highest BCUT2D eigenvalue weighted by atomic mass is 32.1. The first-order valence-corrected chi connectivity index (χ1v) is 9.41. The summed E-state index contributed by atoms with van der Waals surface area (Å²) in [6.45, 7) is 8.10. The summed E-state index contributed by atoms with van der Waals surface area (Å²) in [5.41, 5.74) is -0.523. The number of ether oxygens (including phenoxy) is 1. The molecule has 1 aromatic heterocycles. The fraction of sp³-hybridized carbons (Fsp3) is 0.588. The predicted octanol–water partition coefficient (Wildman–Crippen LogP) is 1.63. The van der Waals surface area contributed by atoms with Crippen molar-refractivity contribution < 1.29 is 19.1 Å². The van der Waals surface area contributed by atoms with E-state index in [1.807, 2.05) is 43.2 Å². The molecule has 1 saturated heterocycles. The van der Waals surface area contributed by atoms with Crippen LogP contribution in [0.25, 0.3) is 0 Å². The highest BCUT2D eigenvalue weighted by Gasteiger charge is 2.26. The molecule has 1 fully saturated rings. The third-order valence-corrected chi connectivity index (χ3v) is 4.52. The van der Waals surface area contributed by atoms with E-state index >= 15 is 0 Å². The van der Waals surface area contributed by atoms with Crippen LogP contribution in [-0.4, -0.2) is 66.2 Å². The molecule has 2 heterocycles. The summed E-state index contributed by atoms with van der Waals surface area (Å²) < 4.78 is 5.34. The zero-order valence-corrected chi connectivity index (χ0v) is 16.2. The maximum Gasteiger partial charge on any atom is 0.410 e. The molecule has 0 unspecified atom stereocenters. The lowest BCUT2D eigenvalue weighted by molar-refractivity contribution is -0.121. The number of thiophene rings is 1. The Balaban J connectivity index is 1.66. The van der Waals surface area contributed by atoms with Crippen molar-refractivity contribution in [3.05, 3.63) is 22.4 Å². The first-order chi connectivity index (χ1) is 12.2. The number of urea groups is 1. The first kappa shape index (κ1) is 20.2. The monoisotopic (exact) mass is 382 g/mol. The molecule has 0 radical (unpaired) electrons. The summed E-state index contributed by atoms with van der Waals surface area (Å²) in [6, 6.07) is 3.31. The molecule has 1 aliphatic rings. The number of rotatable bonds is 4. The van der Waals surface area contributed by atoms with Gasteiger partial charge in [-0.15, -0.1) is 11.3 Å². The topological polar surface area (TPSA) is 91.0 Å². The number of nitrogens with one attached hydrogen (secondary N) is 2. The molecule has 144 valence electrons. The lowest BCUT2D eigenvalue weighted by Crippen LogP contribution is -2.53. The van der Waals surface area contributed by atoms with E-state index in [-0.39, 0.29) is 18.5 Å². The summed E-state index contributed by atoms with van der Waals surface area (Å²) in [6.07, 6.45) is -0.338. The second-order valence-electron chi connectivity index (χ2n) is 7.05. The van der Waals surface area contributed by atoms with Crippen LogP contribution in [0.1, 0.15) is 25.6 Å². The van der Waals surface area contributed by atoms with Crippen LogP contribution < -0.4 is 10.6 Å². The molecule has 0 spiro atoms. The van der Waals surface area contributed by atoms with Gasteiger partial charge in [-0.2, -0.15) is 0 Å². The Bertz CT molecular complexity index is 619. The number of hydrogen-bond donors (Lipinski definition) is 2. The molecule has 26 heavy (non-hydrogen) atoms. The van der Waals surface area contributed by atoms with Gasteiger partial charge in [0.2, 0.25) is 5.91 Å². The van der Waals surface area contributed by atoms with Crippen molar-refractivity contribution in [1.29, 1.82) is 0 Å². The molecular weight excluding hydrogens is 356 g/mol. The molecule has 8 nitrogen and oxygen atoms in total. The van der Waals surface area contributed by atoms with Crippen molar-refractivity contribution in [3.8, 4) is 0 Å². The van der Waals surface area contributed by atoms with Gasteiger partial charge in [0.05, 0.1) is 13.1 Å². The quantitative estimate of drug-likeness (QED) is 0.826. The first-order valence-electron chi connectivity index (χ1n) is 8.53. The minimum absolute atomic E-state index is 0.120. The standard InChI is InChI=1S/C17H26N4O4S/c1-17(2,3)25-16(24)21-8-6-20(7-9-21)12-14(22)19-15(23)18-11-13-5-4-10-26-13/h4-5,10H,6-9,11-12H2,1-3H3,(H2,18,19,22,23). The van der Waals surface area contributed by atoms with Gasteiger partial charge in [-0.1, -0.05) is 6.07 Å². The fourth-order valence-electron chi connectivity index (χ4n) is 2.41. The zero-order chi connectivity index (χ0) is 19.2. The zero-order valence-electron chi connectivity index (χ0n) is 15.4. The van der Waals surface area contributed by atoms with Crippen molar-refractivity contribution in [2.75, 3.05) is 32.7 Å². The molecule has 4 amide bonds. The number of carbonyl (C=O) groups is 3. The van der Waals surface area contributed by atoms with E-state index in [1.165, 1.54) is 11.3 Å². The lowest BCUT2D eigenvalue weighted by Gasteiger charge is -2.35. The minimum atomic E-state index is -0.523. The maximum absolute atomic E-state index is 12.0. The Hall–Kier alpha value is -2.13. The SMILES string of the molecule is CC(C)(C)OC(=O)N1CCN(CC(=O)NC(=O)NCc2cccs2)CC1. The molecule has 0 bridgehead atoms. The van der Waals surface area contributed by atoms with Crippen LogP contribution >= 0.6 is 11.3 Å². The van der Waals surface area contributed by atoms with E-state index in [1.54, 1.807) is 4.90 Å². The molecule has 1 aromatic rings. The highest BCUT2D eigenvalue weighted by Crippen LogP contribution is 2.11. The van der Waals surface area contributed by atoms with Gasteiger partial charge < -0.3 is 15.0 Å². The van der Waals surface area contributed by atoms with E-state index in [9.17, 15) is 14.4 Å². The third kappa shape index (κ3) is 7.01. The second kappa shape index (κ2) is 9.00. The van der Waals surface area contributed by atoms with Crippen molar-refractivity contribution in [2.45, 2.75) is 32.9 Å². The smallest absolute Gasteiger partial charge is 0.410 e. The van der Waals surface area contributed by atoms with Crippen molar-refractivity contribution in [1.82, 2.24) is 20.4 Å². The van der Waals surface area contributed by atoms with Crippen LogP contribution in [0, 0.1) is 0 Å². The van der Waals surface area contributed by atoms with Crippen LogP contribution in [0.5, 0.6) is 0 Å². The van der Waals surface area contributed by atoms with Crippen molar-refractivity contribution >= 4 is 29.4 Å². The number of amides is 4. The van der Waals surface area contributed by atoms with E-state index in [0.717, 1.165) is 4.88 Å². The Morgan fingerprint density at radius 1 is 1.19 bits per heavy atom. The molecule has 0 aliphatic carbocycles. The summed E-state index contributed by atoms with van der Waals surface area (Å²) >= 11 is 1.54. The average molecular weight is 382 g/mol. The minimum Gasteiger partial charge on any atom is -0.444 e. The van der Waals surface area contributed by atoms with Gasteiger partial charge in [0.1, 0.15) is 5.60 Å². The Morgan fingerprint density at radius 2 is 1.88 bits per heavy atom. The van der Waals surface area contributed by atoms with E-state index in [0.29, 0.717) is 32.7 Å². The second-order valence-corrected chi connectivity index (χ2v) is 8.09. The highest BCUT2D eigenvalue weighted by molar-refractivity contribution is 7.09. The fourth-order valence-corrected chi connectivity index (χ4v) is 3.05. The summed E-state index contributed by atoms with van der Waals surface area (Å²) in [4.78, 5) is 40.3. The number of nitrogens with zero attached hydrogens (tertiary/aromatic N) is 2. The van der Waals surface area contributed by atoms with Gasteiger partial charge in [0.25, 0.3) is 0 Å². The maximum atomic E-state index is 12.0. The molecule has 2 N–H and O–H groups in total. The third-order valence-electron chi connectivity index (χ3n) is 3.65. The molecule has 2 rings (SSSR count). The van der Waals surface area contributed by atoms with Gasteiger partial charge in [-0.05, 0) is 32.2 Å². The largest absolute Gasteiger partial charge is 0.444 e. The number of carbonyl (C=O) groups excluding carboxylic acids is 3.